The number of allylic oxidation sites excluding steroid dienone is 1. The summed E-state index contributed by atoms with van der Waals surface area (Å²) >= 11 is 0. The lowest BCUT2D eigenvalue weighted by Crippen LogP contribution is -2.69. The molecule has 0 saturated carbocycles. The molecular formula is C41H50O4Si2. The van der Waals surface area contributed by atoms with Crippen molar-refractivity contribution in [3.63, 3.8) is 0 Å². The van der Waals surface area contributed by atoms with Gasteiger partial charge in [-0.05, 0) is 44.7 Å². The Balaban J connectivity index is 1.64. The average Bonchev–Trinajstić information content (AvgIpc) is 3.39. The van der Waals surface area contributed by atoms with Gasteiger partial charge >= 0.3 is 5.97 Å². The van der Waals surface area contributed by atoms with Gasteiger partial charge in [0, 0.05) is 12.0 Å². The lowest BCUT2D eigenvalue weighted by molar-refractivity contribution is -0.152. The number of rotatable bonds is 10. The Kier molecular flexibility index (Phi) is 10.00. The zero-order valence-corrected chi connectivity index (χ0v) is 31.3. The maximum absolute atomic E-state index is 13.6. The molecule has 0 spiro atoms. The van der Waals surface area contributed by atoms with Crippen molar-refractivity contribution in [2.45, 2.75) is 77.5 Å². The second kappa shape index (κ2) is 13.5. The predicted molar refractivity (Wildman–Crippen MR) is 199 cm³/mol. The highest BCUT2D eigenvalue weighted by atomic mass is 28.4. The van der Waals surface area contributed by atoms with Crippen LogP contribution in [-0.4, -0.2) is 41.4 Å². The third-order valence-electron chi connectivity index (χ3n) is 9.60. The van der Waals surface area contributed by atoms with Crippen LogP contribution in [-0.2, 0) is 18.4 Å². The summed E-state index contributed by atoms with van der Waals surface area (Å²) < 4.78 is 21.4. The van der Waals surface area contributed by atoms with Crippen LogP contribution in [0.2, 0.25) is 10.1 Å². The van der Waals surface area contributed by atoms with Gasteiger partial charge < -0.3 is 13.6 Å². The molecule has 0 N–H and O–H groups in total. The first kappa shape index (κ1) is 34.8. The van der Waals surface area contributed by atoms with Crippen molar-refractivity contribution in [1.29, 1.82) is 0 Å². The predicted octanol–water partition coefficient (Wildman–Crippen LogP) is 7.16. The fraction of sp³-hybridized carbons (Fsp3) is 0.341. The van der Waals surface area contributed by atoms with Gasteiger partial charge in [0.15, 0.2) is 5.60 Å². The van der Waals surface area contributed by atoms with E-state index in [0.29, 0.717) is 12.0 Å². The summed E-state index contributed by atoms with van der Waals surface area (Å²) in [5, 5.41) is 4.30. The Bertz CT molecular complexity index is 1480. The highest BCUT2D eigenvalue weighted by Crippen LogP contribution is 2.42. The molecule has 0 radical (unpaired) electrons. The van der Waals surface area contributed by atoms with Crippen molar-refractivity contribution in [3.05, 3.63) is 132 Å². The molecule has 6 heteroatoms. The van der Waals surface area contributed by atoms with E-state index in [1.54, 1.807) is 0 Å². The first-order valence-corrected chi connectivity index (χ1v) is 20.5. The Morgan fingerprint density at radius 1 is 0.596 bits per heavy atom. The van der Waals surface area contributed by atoms with Crippen LogP contribution < -0.4 is 20.7 Å². The number of ether oxygens (including phenoxy) is 1. The van der Waals surface area contributed by atoms with E-state index in [1.165, 1.54) is 20.7 Å². The minimum Gasteiger partial charge on any atom is -0.451 e. The van der Waals surface area contributed by atoms with E-state index in [-0.39, 0.29) is 29.3 Å². The Morgan fingerprint density at radius 2 is 0.894 bits per heavy atom. The van der Waals surface area contributed by atoms with Gasteiger partial charge in [-0.15, -0.1) is 0 Å². The molecule has 4 aromatic carbocycles. The van der Waals surface area contributed by atoms with Gasteiger partial charge in [0.1, 0.15) is 0 Å². The molecule has 0 unspecified atom stereocenters. The van der Waals surface area contributed by atoms with Gasteiger partial charge in [0.2, 0.25) is 0 Å². The lowest BCUT2D eigenvalue weighted by atomic mass is 9.97. The van der Waals surface area contributed by atoms with Crippen molar-refractivity contribution in [1.82, 2.24) is 0 Å². The molecule has 1 fully saturated rings. The molecule has 0 aliphatic carbocycles. The first-order chi connectivity index (χ1) is 22.3. The summed E-state index contributed by atoms with van der Waals surface area (Å²) in [5.41, 5.74) is 0.680. The number of carbonyl (C=O) groups is 1. The fourth-order valence-corrected chi connectivity index (χ4v) is 16.5. The molecule has 1 aliphatic rings. The van der Waals surface area contributed by atoms with Crippen LogP contribution in [0.4, 0.5) is 0 Å². The topological polar surface area (TPSA) is 44.8 Å². The smallest absolute Gasteiger partial charge is 0.334 e. The summed E-state index contributed by atoms with van der Waals surface area (Å²) in [6.45, 7) is 18.0. The molecule has 0 amide bonds. The van der Waals surface area contributed by atoms with E-state index >= 15 is 0 Å². The Morgan fingerprint density at radius 3 is 1.13 bits per heavy atom. The Labute approximate surface area is 284 Å². The number of hydrogen-bond acceptors (Lipinski definition) is 4. The molecule has 4 aromatic rings. The molecule has 47 heavy (non-hydrogen) atoms. The first-order valence-electron chi connectivity index (χ1n) is 16.7. The second-order valence-electron chi connectivity index (χ2n) is 15.1. The molecule has 5 rings (SSSR count). The van der Waals surface area contributed by atoms with Crippen molar-refractivity contribution in [2.75, 3.05) is 13.2 Å². The molecule has 0 aromatic heterocycles. The monoisotopic (exact) mass is 662 g/mol. The quantitative estimate of drug-likeness (QED) is 0.103. The van der Waals surface area contributed by atoms with Crippen LogP contribution in [0.5, 0.6) is 0 Å². The van der Waals surface area contributed by atoms with E-state index in [2.05, 4.69) is 163 Å². The third kappa shape index (κ3) is 6.62. The number of esters is 1. The molecule has 1 aliphatic heterocycles. The van der Waals surface area contributed by atoms with Crippen molar-refractivity contribution in [2.24, 2.45) is 0 Å². The Hall–Kier alpha value is -3.56. The normalized spacial score (nSPS) is 15.4. The van der Waals surface area contributed by atoms with E-state index in [4.69, 9.17) is 13.6 Å². The van der Waals surface area contributed by atoms with E-state index in [9.17, 15) is 4.79 Å². The lowest BCUT2D eigenvalue weighted by Gasteiger charge is -2.46. The van der Waals surface area contributed by atoms with E-state index < -0.39 is 22.2 Å². The highest BCUT2D eigenvalue weighted by molar-refractivity contribution is 7.00. The van der Waals surface area contributed by atoms with Crippen LogP contribution in [0.25, 0.3) is 0 Å². The average molecular weight is 663 g/mol. The molecule has 0 atom stereocenters. The zero-order chi connectivity index (χ0) is 33.9. The number of hydrogen-bond donors (Lipinski definition) is 0. The summed E-state index contributed by atoms with van der Waals surface area (Å²) in [5.74, 6) is -0.276. The number of benzene rings is 4. The highest BCUT2D eigenvalue weighted by Gasteiger charge is 2.56. The standard InChI is InChI=1S/C41H50O4Si2/c1-32(2)37-29-41(45-38(37)42,30-43-46(39(3,4)5,33-21-13-9-14-22-33)34-23-15-10-16-24-34)31-44-47(40(6,7)8,35-25-17-11-18-26-35)36-27-19-12-20-28-36/h9-28H,29-31H2,1-8H3. The van der Waals surface area contributed by atoms with Crippen molar-refractivity contribution in [3.8, 4) is 0 Å². The molecule has 4 nitrogen and oxygen atoms in total. The summed E-state index contributed by atoms with van der Waals surface area (Å²) in [7, 11) is -5.85. The largest absolute Gasteiger partial charge is 0.451 e. The summed E-state index contributed by atoms with van der Waals surface area (Å²) in [4.78, 5) is 13.6. The van der Waals surface area contributed by atoms with Crippen LogP contribution in [0, 0.1) is 0 Å². The molecule has 0 bridgehead atoms. The van der Waals surface area contributed by atoms with Gasteiger partial charge in [-0.25, -0.2) is 4.79 Å². The fourth-order valence-electron chi connectivity index (χ4n) is 7.27. The minimum absolute atomic E-state index is 0.223. The second-order valence-corrected chi connectivity index (χ2v) is 23.7. The zero-order valence-electron chi connectivity index (χ0n) is 29.3. The maximum Gasteiger partial charge on any atom is 0.334 e. The van der Waals surface area contributed by atoms with Gasteiger partial charge in [0.05, 0.1) is 13.2 Å². The minimum atomic E-state index is -2.93. The molecule has 1 heterocycles. The van der Waals surface area contributed by atoms with Crippen LogP contribution in [0.1, 0.15) is 61.8 Å². The van der Waals surface area contributed by atoms with Crippen LogP contribution in [0.15, 0.2) is 132 Å². The SMILES string of the molecule is CC(C)=C1CC(CO[Si](c2ccccc2)(c2ccccc2)C(C)(C)C)(CO[Si](c2ccccc2)(c2ccccc2)C(C)(C)C)OC1=O. The third-order valence-corrected chi connectivity index (χ3v) is 19.6. The van der Waals surface area contributed by atoms with Gasteiger partial charge in [-0.3, -0.25) is 0 Å². The van der Waals surface area contributed by atoms with Gasteiger partial charge in [-0.2, -0.15) is 0 Å². The van der Waals surface area contributed by atoms with E-state index in [1.807, 2.05) is 13.8 Å². The van der Waals surface area contributed by atoms with Crippen molar-refractivity contribution >= 4 is 43.4 Å². The summed E-state index contributed by atoms with van der Waals surface area (Å²) in [6.07, 6.45) is 0.435. The van der Waals surface area contributed by atoms with E-state index in [0.717, 1.165) is 5.57 Å². The molecule has 246 valence electrons. The number of carbonyl (C=O) groups excluding carboxylic acids is 1. The summed E-state index contributed by atoms with van der Waals surface area (Å²) in [6, 6.07) is 42.5. The van der Waals surface area contributed by atoms with Crippen molar-refractivity contribution < 1.29 is 18.4 Å². The molecule has 1 saturated heterocycles. The maximum atomic E-state index is 13.6. The number of cyclic esters (lactones) is 1. The van der Waals surface area contributed by atoms with Crippen LogP contribution in [0.3, 0.4) is 0 Å². The van der Waals surface area contributed by atoms with Gasteiger partial charge in [0.25, 0.3) is 16.6 Å². The van der Waals surface area contributed by atoms with Crippen LogP contribution >= 0.6 is 0 Å². The molecular weight excluding hydrogens is 613 g/mol. The van der Waals surface area contributed by atoms with Gasteiger partial charge in [-0.1, -0.05) is 168 Å².